The minimum atomic E-state index is -1.02. The zero-order valence-corrected chi connectivity index (χ0v) is 9.92. The van der Waals surface area contributed by atoms with Crippen LogP contribution < -0.4 is 5.73 Å². The maximum atomic E-state index is 10.9. The second-order valence-electron chi connectivity index (χ2n) is 5.80. The highest BCUT2D eigenvalue weighted by Gasteiger charge is 2.41. The first-order chi connectivity index (χ1) is 6.73. The SMILES string of the molecule is CC(C)(C)CCN1CCC(N)(C(=O)O)C1. The topological polar surface area (TPSA) is 66.6 Å². The number of hydrogen-bond donors (Lipinski definition) is 2. The van der Waals surface area contributed by atoms with Crippen LogP contribution >= 0.6 is 0 Å². The van der Waals surface area contributed by atoms with E-state index in [4.69, 9.17) is 10.8 Å². The van der Waals surface area contributed by atoms with Gasteiger partial charge in [0.1, 0.15) is 5.54 Å². The fourth-order valence-corrected chi connectivity index (χ4v) is 1.77. The summed E-state index contributed by atoms with van der Waals surface area (Å²) in [5.74, 6) is -0.874. The second-order valence-corrected chi connectivity index (χ2v) is 5.80. The van der Waals surface area contributed by atoms with Crippen LogP contribution in [0.5, 0.6) is 0 Å². The molecule has 0 aromatic heterocycles. The third-order valence-corrected chi connectivity index (χ3v) is 2.98. The monoisotopic (exact) mass is 214 g/mol. The van der Waals surface area contributed by atoms with Crippen molar-refractivity contribution in [3.63, 3.8) is 0 Å². The summed E-state index contributed by atoms with van der Waals surface area (Å²) in [6.07, 6.45) is 1.63. The van der Waals surface area contributed by atoms with Crippen molar-refractivity contribution in [3.05, 3.63) is 0 Å². The largest absolute Gasteiger partial charge is 0.480 e. The molecule has 4 heteroatoms. The number of nitrogens with two attached hydrogens (primary N) is 1. The molecule has 1 aliphatic heterocycles. The minimum absolute atomic E-state index is 0.295. The average Bonchev–Trinajstić information content (AvgIpc) is 2.44. The number of nitrogens with zero attached hydrogens (tertiary/aromatic N) is 1. The van der Waals surface area contributed by atoms with Gasteiger partial charge in [-0.05, 0) is 24.8 Å². The number of carboxylic acid groups (broad SMARTS) is 1. The summed E-state index contributed by atoms with van der Waals surface area (Å²) < 4.78 is 0. The van der Waals surface area contributed by atoms with Gasteiger partial charge in [0.2, 0.25) is 0 Å². The van der Waals surface area contributed by atoms with E-state index in [1.807, 2.05) is 0 Å². The van der Waals surface area contributed by atoms with E-state index < -0.39 is 11.5 Å². The van der Waals surface area contributed by atoms with Crippen LogP contribution in [-0.2, 0) is 4.79 Å². The quantitative estimate of drug-likeness (QED) is 0.733. The van der Waals surface area contributed by atoms with Gasteiger partial charge in [-0.1, -0.05) is 20.8 Å². The van der Waals surface area contributed by atoms with Gasteiger partial charge in [-0.2, -0.15) is 0 Å². The molecule has 1 unspecified atom stereocenters. The summed E-state index contributed by atoms with van der Waals surface area (Å²) in [4.78, 5) is 13.1. The number of hydrogen-bond acceptors (Lipinski definition) is 3. The molecule has 0 aliphatic carbocycles. The third kappa shape index (κ3) is 3.47. The molecule has 0 saturated carbocycles. The number of aliphatic carboxylic acids is 1. The van der Waals surface area contributed by atoms with Gasteiger partial charge < -0.3 is 15.7 Å². The molecule has 0 aromatic carbocycles. The van der Waals surface area contributed by atoms with Crippen LogP contribution in [0.25, 0.3) is 0 Å². The lowest BCUT2D eigenvalue weighted by atomic mass is 9.92. The molecule has 0 bridgehead atoms. The summed E-state index contributed by atoms with van der Waals surface area (Å²) in [6, 6.07) is 0. The molecule has 1 rings (SSSR count). The van der Waals surface area contributed by atoms with Crippen LogP contribution in [0.2, 0.25) is 0 Å². The molecule has 88 valence electrons. The Morgan fingerprint density at radius 2 is 2.13 bits per heavy atom. The molecule has 4 nitrogen and oxygen atoms in total. The number of rotatable bonds is 3. The average molecular weight is 214 g/mol. The highest BCUT2D eigenvalue weighted by molar-refractivity contribution is 5.79. The Bertz CT molecular complexity index is 247. The molecule has 1 aliphatic rings. The van der Waals surface area contributed by atoms with Gasteiger partial charge in [0, 0.05) is 13.1 Å². The molecule has 1 heterocycles. The van der Waals surface area contributed by atoms with Gasteiger partial charge in [-0.25, -0.2) is 0 Å². The van der Waals surface area contributed by atoms with Crippen molar-refractivity contribution in [3.8, 4) is 0 Å². The van der Waals surface area contributed by atoms with Crippen molar-refractivity contribution in [1.82, 2.24) is 4.90 Å². The van der Waals surface area contributed by atoms with Crippen LogP contribution in [0.4, 0.5) is 0 Å². The Morgan fingerprint density at radius 3 is 2.53 bits per heavy atom. The van der Waals surface area contributed by atoms with Crippen molar-refractivity contribution >= 4 is 5.97 Å². The molecule has 0 radical (unpaired) electrons. The third-order valence-electron chi connectivity index (χ3n) is 2.98. The molecule has 0 amide bonds. The molecule has 1 atom stereocenters. The van der Waals surface area contributed by atoms with Crippen LogP contribution in [0.15, 0.2) is 0 Å². The molecule has 3 N–H and O–H groups in total. The van der Waals surface area contributed by atoms with Crippen molar-refractivity contribution in [1.29, 1.82) is 0 Å². The molecule has 1 saturated heterocycles. The molecular formula is C11H22N2O2. The standard InChI is InChI=1S/C11H22N2O2/c1-10(2,3)4-6-13-7-5-11(12,8-13)9(14)15/h4-8,12H2,1-3H3,(H,14,15). The van der Waals surface area contributed by atoms with E-state index >= 15 is 0 Å². The Kier molecular flexibility index (Phi) is 3.41. The fraction of sp³-hybridized carbons (Fsp3) is 0.909. The summed E-state index contributed by atoms with van der Waals surface area (Å²) in [7, 11) is 0. The van der Waals surface area contributed by atoms with Crippen LogP contribution in [-0.4, -0.2) is 41.1 Å². The van der Waals surface area contributed by atoms with E-state index in [0.717, 1.165) is 19.5 Å². The van der Waals surface area contributed by atoms with E-state index in [0.29, 0.717) is 18.4 Å². The van der Waals surface area contributed by atoms with Gasteiger partial charge in [0.25, 0.3) is 0 Å². The van der Waals surface area contributed by atoms with Gasteiger partial charge in [0.15, 0.2) is 0 Å². The number of likely N-dealkylation sites (tertiary alicyclic amines) is 1. The van der Waals surface area contributed by atoms with E-state index in [9.17, 15) is 4.79 Å². The first kappa shape index (κ1) is 12.5. The Morgan fingerprint density at radius 1 is 1.53 bits per heavy atom. The summed E-state index contributed by atoms with van der Waals surface area (Å²) >= 11 is 0. The molecular weight excluding hydrogens is 192 g/mol. The highest BCUT2D eigenvalue weighted by Crippen LogP contribution is 2.23. The van der Waals surface area contributed by atoms with Gasteiger partial charge in [0.05, 0.1) is 0 Å². The van der Waals surface area contributed by atoms with Crippen molar-refractivity contribution in [2.24, 2.45) is 11.1 Å². The van der Waals surface area contributed by atoms with Crippen molar-refractivity contribution < 1.29 is 9.90 Å². The Hall–Kier alpha value is -0.610. The number of carbonyl (C=O) groups is 1. The van der Waals surface area contributed by atoms with Crippen LogP contribution in [0.3, 0.4) is 0 Å². The van der Waals surface area contributed by atoms with Gasteiger partial charge in [-0.3, -0.25) is 4.79 Å². The van der Waals surface area contributed by atoms with Gasteiger partial charge in [-0.15, -0.1) is 0 Å². The summed E-state index contributed by atoms with van der Waals surface area (Å²) in [5, 5.41) is 8.97. The molecule has 0 aromatic rings. The maximum Gasteiger partial charge on any atom is 0.325 e. The second kappa shape index (κ2) is 4.10. The van der Waals surface area contributed by atoms with Crippen molar-refractivity contribution in [2.45, 2.75) is 39.2 Å². The zero-order chi connectivity index (χ0) is 11.7. The fourth-order valence-electron chi connectivity index (χ4n) is 1.77. The highest BCUT2D eigenvalue weighted by atomic mass is 16.4. The van der Waals surface area contributed by atoms with E-state index in [2.05, 4.69) is 25.7 Å². The van der Waals surface area contributed by atoms with E-state index in [1.165, 1.54) is 0 Å². The predicted octanol–water partition coefficient (Wildman–Crippen LogP) is 0.910. The molecule has 0 spiro atoms. The lowest BCUT2D eigenvalue weighted by molar-refractivity contribution is -0.142. The lowest BCUT2D eigenvalue weighted by Crippen LogP contribution is -2.50. The molecule has 1 fully saturated rings. The van der Waals surface area contributed by atoms with E-state index in [1.54, 1.807) is 0 Å². The van der Waals surface area contributed by atoms with Gasteiger partial charge >= 0.3 is 5.97 Å². The van der Waals surface area contributed by atoms with Crippen molar-refractivity contribution in [2.75, 3.05) is 19.6 Å². The minimum Gasteiger partial charge on any atom is -0.480 e. The Labute approximate surface area is 91.4 Å². The Balaban J connectivity index is 2.41. The first-order valence-corrected chi connectivity index (χ1v) is 5.48. The zero-order valence-electron chi connectivity index (χ0n) is 9.92. The van der Waals surface area contributed by atoms with Crippen LogP contribution in [0, 0.1) is 5.41 Å². The van der Waals surface area contributed by atoms with E-state index in [-0.39, 0.29) is 0 Å². The smallest absolute Gasteiger partial charge is 0.325 e. The first-order valence-electron chi connectivity index (χ1n) is 5.48. The molecule has 15 heavy (non-hydrogen) atoms. The lowest BCUT2D eigenvalue weighted by Gasteiger charge is -2.24. The normalized spacial score (nSPS) is 28.3. The van der Waals surface area contributed by atoms with Crippen LogP contribution in [0.1, 0.15) is 33.6 Å². The maximum absolute atomic E-state index is 10.9. The summed E-state index contributed by atoms with van der Waals surface area (Å²) in [6.45, 7) is 8.80. The number of carboxylic acids is 1. The predicted molar refractivity (Wildman–Crippen MR) is 59.7 cm³/mol. The summed E-state index contributed by atoms with van der Waals surface area (Å²) in [5.41, 5.74) is 5.07.